The van der Waals surface area contributed by atoms with E-state index in [1.807, 2.05) is 0 Å². The fraction of sp³-hybridized carbons (Fsp3) is 0.333. The van der Waals surface area contributed by atoms with Gasteiger partial charge in [-0.2, -0.15) is 0 Å². The topological polar surface area (TPSA) is 74.2 Å². The van der Waals surface area contributed by atoms with E-state index in [1.54, 1.807) is 12.1 Å². The molecule has 2 rings (SSSR count). The lowest BCUT2D eigenvalue weighted by molar-refractivity contribution is 0.257. The molecular weight excluding hydrogens is 237 g/mol. The van der Waals surface area contributed by atoms with Crippen molar-refractivity contribution < 1.29 is 13.5 Å². The summed E-state index contributed by atoms with van der Waals surface area (Å²) < 4.78 is 23.6. The molecule has 96 valence electrons. The van der Waals surface area contributed by atoms with E-state index >= 15 is 0 Å². The Morgan fingerprint density at radius 2 is 2.11 bits per heavy atom. The van der Waals surface area contributed by atoms with E-state index in [0.29, 0.717) is 30.5 Å². The molecule has 2 N–H and O–H groups in total. The zero-order valence-electron chi connectivity index (χ0n) is 9.80. The van der Waals surface area contributed by atoms with Crippen LogP contribution < -0.4 is 10.5 Å². The van der Waals surface area contributed by atoms with Gasteiger partial charge in [-0.25, -0.2) is 4.39 Å². The van der Waals surface area contributed by atoms with Crippen molar-refractivity contribution in [1.82, 2.24) is 10.2 Å². The molecule has 0 atom stereocenters. The average Bonchev–Trinajstić information content (AvgIpc) is 2.82. The lowest BCUT2D eigenvalue weighted by Gasteiger charge is -2.02. The molecule has 0 fully saturated rings. The summed E-state index contributed by atoms with van der Waals surface area (Å²) in [6, 6.07) is 5.89. The number of nitrogens with zero attached hydrogens (tertiary/aromatic N) is 2. The SMILES string of the molecule is NCCCc1nnc(COc2cccc(F)c2)o1. The maximum atomic E-state index is 12.9. The van der Waals surface area contributed by atoms with Crippen LogP contribution in [0.2, 0.25) is 0 Å². The van der Waals surface area contributed by atoms with Gasteiger partial charge < -0.3 is 14.9 Å². The van der Waals surface area contributed by atoms with E-state index in [1.165, 1.54) is 12.1 Å². The minimum absolute atomic E-state index is 0.124. The van der Waals surface area contributed by atoms with Crippen molar-refractivity contribution in [2.75, 3.05) is 6.54 Å². The first-order chi connectivity index (χ1) is 8.78. The third-order valence-electron chi connectivity index (χ3n) is 2.26. The summed E-state index contributed by atoms with van der Waals surface area (Å²) in [5.41, 5.74) is 5.38. The van der Waals surface area contributed by atoms with Crippen LogP contribution in [-0.2, 0) is 13.0 Å². The van der Waals surface area contributed by atoms with Crippen LogP contribution in [0.15, 0.2) is 28.7 Å². The van der Waals surface area contributed by atoms with E-state index in [0.717, 1.165) is 6.42 Å². The van der Waals surface area contributed by atoms with E-state index in [4.69, 9.17) is 14.9 Å². The van der Waals surface area contributed by atoms with Crippen molar-refractivity contribution in [1.29, 1.82) is 0 Å². The molecule has 1 heterocycles. The summed E-state index contributed by atoms with van der Waals surface area (Å²) in [6.07, 6.45) is 1.45. The predicted molar refractivity (Wildman–Crippen MR) is 62.4 cm³/mol. The lowest BCUT2D eigenvalue weighted by Crippen LogP contribution is -2.00. The van der Waals surface area contributed by atoms with Gasteiger partial charge in [0.05, 0.1) is 0 Å². The number of benzene rings is 1. The molecule has 0 aliphatic rings. The number of aromatic nitrogens is 2. The van der Waals surface area contributed by atoms with Gasteiger partial charge in [0.2, 0.25) is 5.89 Å². The Morgan fingerprint density at radius 3 is 2.89 bits per heavy atom. The second-order valence-corrected chi connectivity index (χ2v) is 3.73. The molecule has 2 aromatic rings. The molecule has 5 nitrogen and oxygen atoms in total. The lowest BCUT2D eigenvalue weighted by atomic mass is 10.3. The van der Waals surface area contributed by atoms with E-state index < -0.39 is 0 Å². The van der Waals surface area contributed by atoms with E-state index in [2.05, 4.69) is 10.2 Å². The molecule has 1 aromatic heterocycles. The van der Waals surface area contributed by atoms with Crippen LogP contribution in [0, 0.1) is 5.82 Å². The normalized spacial score (nSPS) is 10.6. The maximum absolute atomic E-state index is 12.9. The minimum atomic E-state index is -0.346. The highest BCUT2D eigenvalue weighted by Gasteiger charge is 2.06. The summed E-state index contributed by atoms with van der Waals surface area (Å²) >= 11 is 0. The summed E-state index contributed by atoms with van der Waals surface area (Å²) in [6.45, 7) is 0.705. The molecule has 18 heavy (non-hydrogen) atoms. The first kappa shape index (κ1) is 12.5. The van der Waals surface area contributed by atoms with Crippen LogP contribution >= 0.6 is 0 Å². The molecular formula is C12H14FN3O2. The maximum Gasteiger partial charge on any atom is 0.253 e. The van der Waals surface area contributed by atoms with Crippen LogP contribution in [0.25, 0.3) is 0 Å². The van der Waals surface area contributed by atoms with Gasteiger partial charge in [-0.05, 0) is 25.1 Å². The highest BCUT2D eigenvalue weighted by atomic mass is 19.1. The molecule has 6 heteroatoms. The van der Waals surface area contributed by atoms with E-state index in [9.17, 15) is 4.39 Å². The van der Waals surface area contributed by atoms with Crippen molar-refractivity contribution in [2.24, 2.45) is 5.73 Å². The Balaban J connectivity index is 1.88. The zero-order chi connectivity index (χ0) is 12.8. The van der Waals surface area contributed by atoms with Crippen LogP contribution in [-0.4, -0.2) is 16.7 Å². The smallest absolute Gasteiger partial charge is 0.253 e. The Labute approximate surface area is 104 Å². The van der Waals surface area contributed by atoms with Crippen LogP contribution in [0.5, 0.6) is 5.75 Å². The second-order valence-electron chi connectivity index (χ2n) is 3.73. The molecule has 0 amide bonds. The fourth-order valence-corrected chi connectivity index (χ4v) is 1.40. The van der Waals surface area contributed by atoms with Crippen LogP contribution in [0.4, 0.5) is 4.39 Å². The highest BCUT2D eigenvalue weighted by Crippen LogP contribution is 2.14. The average molecular weight is 251 g/mol. The molecule has 0 radical (unpaired) electrons. The standard InChI is InChI=1S/C12H14FN3O2/c13-9-3-1-4-10(7-9)17-8-12-16-15-11(18-12)5-2-6-14/h1,3-4,7H,2,5-6,8,14H2. The van der Waals surface area contributed by atoms with Gasteiger partial charge in [-0.1, -0.05) is 6.07 Å². The van der Waals surface area contributed by atoms with Crippen molar-refractivity contribution >= 4 is 0 Å². The monoisotopic (exact) mass is 251 g/mol. The number of ether oxygens (including phenoxy) is 1. The molecule has 0 bridgehead atoms. The third kappa shape index (κ3) is 3.53. The first-order valence-electron chi connectivity index (χ1n) is 5.67. The number of rotatable bonds is 6. The van der Waals surface area contributed by atoms with Crippen molar-refractivity contribution in [3.05, 3.63) is 41.9 Å². The molecule has 0 unspecified atom stereocenters. The van der Waals surface area contributed by atoms with Gasteiger partial charge in [-0.3, -0.25) is 0 Å². The van der Waals surface area contributed by atoms with Crippen LogP contribution in [0.1, 0.15) is 18.2 Å². The number of aryl methyl sites for hydroxylation is 1. The Bertz CT molecular complexity index is 502. The largest absolute Gasteiger partial charge is 0.484 e. The van der Waals surface area contributed by atoms with Gasteiger partial charge >= 0.3 is 0 Å². The van der Waals surface area contributed by atoms with E-state index in [-0.39, 0.29) is 12.4 Å². The van der Waals surface area contributed by atoms with Crippen LogP contribution in [0.3, 0.4) is 0 Å². The number of hydrogen-bond acceptors (Lipinski definition) is 5. The Kier molecular flexibility index (Phi) is 4.25. The zero-order valence-corrected chi connectivity index (χ0v) is 9.80. The fourth-order valence-electron chi connectivity index (χ4n) is 1.40. The Hall–Kier alpha value is -1.95. The molecule has 0 spiro atoms. The molecule has 0 saturated carbocycles. The molecule has 1 aromatic carbocycles. The summed E-state index contributed by atoms with van der Waals surface area (Å²) in [5.74, 6) is 0.989. The van der Waals surface area contributed by atoms with Gasteiger partial charge in [0.1, 0.15) is 11.6 Å². The van der Waals surface area contributed by atoms with Gasteiger partial charge in [0.15, 0.2) is 6.61 Å². The molecule has 0 aliphatic carbocycles. The Morgan fingerprint density at radius 1 is 1.28 bits per heavy atom. The minimum Gasteiger partial charge on any atom is -0.484 e. The van der Waals surface area contributed by atoms with Crippen molar-refractivity contribution in [2.45, 2.75) is 19.4 Å². The number of nitrogens with two attached hydrogens (primary N) is 1. The highest BCUT2D eigenvalue weighted by molar-refractivity contribution is 5.22. The third-order valence-corrected chi connectivity index (χ3v) is 2.26. The quantitative estimate of drug-likeness (QED) is 0.845. The van der Waals surface area contributed by atoms with Crippen molar-refractivity contribution in [3.63, 3.8) is 0 Å². The number of hydrogen-bond donors (Lipinski definition) is 1. The molecule has 0 aliphatic heterocycles. The van der Waals surface area contributed by atoms with Gasteiger partial charge in [-0.15, -0.1) is 10.2 Å². The van der Waals surface area contributed by atoms with Gasteiger partial charge in [0.25, 0.3) is 5.89 Å². The number of halogens is 1. The first-order valence-corrected chi connectivity index (χ1v) is 5.67. The summed E-state index contributed by atoms with van der Waals surface area (Å²) in [4.78, 5) is 0. The predicted octanol–water partition coefficient (Wildman–Crippen LogP) is 1.68. The van der Waals surface area contributed by atoms with Crippen molar-refractivity contribution in [3.8, 4) is 5.75 Å². The summed E-state index contributed by atoms with van der Waals surface area (Å²) in [5, 5.41) is 7.69. The molecule has 0 saturated heterocycles. The second kappa shape index (κ2) is 6.11. The van der Waals surface area contributed by atoms with Gasteiger partial charge in [0, 0.05) is 12.5 Å². The summed E-state index contributed by atoms with van der Waals surface area (Å²) in [7, 11) is 0.